The van der Waals surface area contributed by atoms with Crippen molar-refractivity contribution in [2.75, 3.05) is 12.3 Å². The SMILES string of the molecule is O=[N+]([O-])CC(SCCC(F)(F)C(F)(F)C(F)(F)C(F)(F)C(F)(F)C(F)(F)C(F)(F)C(F)(F)F)(c1ccccc1)c1ccccc1. The van der Waals surface area contributed by atoms with Crippen LogP contribution >= 0.6 is 11.8 Å². The first-order valence-electron chi connectivity index (χ1n) is 11.7. The van der Waals surface area contributed by atoms with Crippen LogP contribution in [0.4, 0.5) is 74.6 Å². The average molecular weight is 705 g/mol. The van der Waals surface area contributed by atoms with E-state index in [1.807, 2.05) is 0 Å². The first kappa shape index (κ1) is 38.2. The van der Waals surface area contributed by atoms with Gasteiger partial charge in [0, 0.05) is 17.1 Å². The van der Waals surface area contributed by atoms with Crippen LogP contribution in [0.3, 0.4) is 0 Å². The van der Waals surface area contributed by atoms with Gasteiger partial charge in [0.05, 0.1) is 0 Å². The molecule has 254 valence electrons. The van der Waals surface area contributed by atoms with Gasteiger partial charge in [-0.1, -0.05) is 60.7 Å². The molecule has 0 heterocycles. The highest BCUT2D eigenvalue weighted by Gasteiger charge is 2.95. The van der Waals surface area contributed by atoms with Gasteiger partial charge < -0.3 is 0 Å². The molecule has 2 aromatic carbocycles. The van der Waals surface area contributed by atoms with Crippen molar-refractivity contribution in [2.45, 2.75) is 58.8 Å². The molecule has 0 bridgehead atoms. The maximum Gasteiger partial charge on any atom is 0.460 e. The molecular weight excluding hydrogens is 689 g/mol. The largest absolute Gasteiger partial charge is 0.460 e. The topological polar surface area (TPSA) is 43.1 Å². The summed E-state index contributed by atoms with van der Waals surface area (Å²) in [5.74, 6) is -58.6. The van der Waals surface area contributed by atoms with Crippen molar-refractivity contribution in [1.82, 2.24) is 0 Å². The van der Waals surface area contributed by atoms with Crippen molar-refractivity contribution in [2.24, 2.45) is 0 Å². The molecule has 0 spiro atoms. The zero-order valence-electron chi connectivity index (χ0n) is 21.5. The van der Waals surface area contributed by atoms with Crippen molar-refractivity contribution in [1.29, 1.82) is 0 Å². The number of halogens is 17. The van der Waals surface area contributed by atoms with E-state index in [1.54, 1.807) is 0 Å². The smallest absolute Gasteiger partial charge is 0.264 e. The van der Waals surface area contributed by atoms with Crippen LogP contribution in [-0.4, -0.2) is 64.9 Å². The Balaban J connectivity index is 2.53. The fraction of sp³-hybridized carbons (Fsp3) is 0.500. The van der Waals surface area contributed by atoms with E-state index >= 15 is 0 Å². The van der Waals surface area contributed by atoms with E-state index in [2.05, 4.69) is 0 Å². The summed E-state index contributed by atoms with van der Waals surface area (Å²) in [6.45, 7) is -1.20. The van der Waals surface area contributed by atoms with E-state index in [0.717, 1.165) is 0 Å². The lowest BCUT2D eigenvalue weighted by molar-refractivity contribution is -0.484. The first-order valence-corrected chi connectivity index (χ1v) is 12.7. The summed E-state index contributed by atoms with van der Waals surface area (Å²) in [6, 6.07) is 12.7. The van der Waals surface area contributed by atoms with E-state index in [9.17, 15) is 84.8 Å². The molecule has 45 heavy (non-hydrogen) atoms. The van der Waals surface area contributed by atoms with E-state index in [-0.39, 0.29) is 22.9 Å². The molecule has 0 aliphatic carbocycles. The summed E-state index contributed by atoms with van der Waals surface area (Å²) < 4.78 is 229. The number of hydrogen-bond donors (Lipinski definition) is 0. The van der Waals surface area contributed by atoms with Crippen molar-refractivity contribution in [3.63, 3.8) is 0 Å². The molecule has 0 aromatic heterocycles. The normalized spacial score (nSPS) is 14.9. The third-order valence-electron chi connectivity index (χ3n) is 6.38. The van der Waals surface area contributed by atoms with Crippen molar-refractivity contribution in [3.8, 4) is 0 Å². The molecule has 2 aromatic rings. The van der Waals surface area contributed by atoms with Crippen LogP contribution in [0, 0.1) is 10.1 Å². The summed E-state index contributed by atoms with van der Waals surface area (Å²) in [5, 5.41) is 11.5. The Hall–Kier alpha value is -3.00. The Bertz CT molecular complexity index is 1280. The predicted molar refractivity (Wildman–Crippen MR) is 123 cm³/mol. The molecule has 0 N–H and O–H groups in total. The number of thioether (sulfide) groups is 1. The van der Waals surface area contributed by atoms with Gasteiger partial charge in [0.15, 0.2) is 0 Å². The molecular formula is C24H16F17NO2S. The van der Waals surface area contributed by atoms with Gasteiger partial charge in [-0.15, -0.1) is 11.8 Å². The number of alkyl halides is 17. The van der Waals surface area contributed by atoms with Crippen LogP contribution in [0.15, 0.2) is 60.7 Å². The molecule has 0 saturated heterocycles. The Kier molecular flexibility index (Phi) is 10.2. The summed E-state index contributed by atoms with van der Waals surface area (Å²) >= 11 is 0.000807. The lowest BCUT2D eigenvalue weighted by atomic mass is 9.88. The van der Waals surface area contributed by atoms with Gasteiger partial charge in [0.2, 0.25) is 6.54 Å². The van der Waals surface area contributed by atoms with Crippen LogP contribution in [-0.2, 0) is 4.75 Å². The minimum atomic E-state index is -8.71. The molecule has 0 saturated carbocycles. The Morgan fingerprint density at radius 1 is 0.533 bits per heavy atom. The van der Waals surface area contributed by atoms with E-state index in [0.29, 0.717) is 0 Å². The maximum absolute atomic E-state index is 14.5. The Morgan fingerprint density at radius 3 is 1.20 bits per heavy atom. The second-order valence-corrected chi connectivity index (χ2v) is 10.7. The van der Waals surface area contributed by atoms with Crippen LogP contribution in [0.2, 0.25) is 0 Å². The highest BCUT2D eigenvalue weighted by atomic mass is 32.2. The lowest BCUT2D eigenvalue weighted by Crippen LogP contribution is -2.74. The number of nitrogens with zero attached hydrogens (tertiary/aromatic N) is 1. The van der Waals surface area contributed by atoms with Gasteiger partial charge in [-0.3, -0.25) is 10.1 Å². The molecule has 3 nitrogen and oxygen atoms in total. The van der Waals surface area contributed by atoms with E-state index in [4.69, 9.17) is 0 Å². The molecule has 0 aliphatic heterocycles. The fourth-order valence-corrected chi connectivity index (χ4v) is 5.37. The maximum atomic E-state index is 14.5. The van der Waals surface area contributed by atoms with Gasteiger partial charge in [-0.25, -0.2) is 0 Å². The van der Waals surface area contributed by atoms with Gasteiger partial charge in [0.25, 0.3) is 0 Å². The number of benzene rings is 2. The predicted octanol–water partition coefficient (Wildman–Crippen LogP) is 9.34. The Morgan fingerprint density at radius 2 is 0.867 bits per heavy atom. The first-order chi connectivity index (χ1) is 20.1. The standard InChI is InChI=1S/C24H16F17NO2S/c25-17(26,11-12-45-16(13-42(43)44,14-7-3-1-4-8-14)15-9-5-2-6-10-15)18(27,28)19(29,30)20(31,32)21(33,34)22(35,36)23(37,38)24(39,40)41/h1-10H,11-13H2. The number of rotatable bonds is 14. The lowest BCUT2D eigenvalue weighted by Gasteiger charge is -2.43. The second-order valence-electron chi connectivity index (χ2n) is 9.30. The van der Waals surface area contributed by atoms with Crippen LogP contribution in [0.5, 0.6) is 0 Å². The van der Waals surface area contributed by atoms with Gasteiger partial charge in [-0.2, -0.15) is 74.6 Å². The molecule has 0 atom stereocenters. The summed E-state index contributed by atoms with van der Waals surface area (Å²) in [5.41, 5.74) is -0.116. The Labute approximate surface area is 244 Å². The molecule has 2 rings (SSSR count). The monoisotopic (exact) mass is 705 g/mol. The molecule has 0 aliphatic rings. The van der Waals surface area contributed by atoms with Crippen molar-refractivity contribution in [3.05, 3.63) is 81.9 Å². The third-order valence-corrected chi connectivity index (χ3v) is 7.89. The highest BCUT2D eigenvalue weighted by Crippen LogP contribution is 2.64. The number of nitro groups is 1. The molecule has 0 radical (unpaired) electrons. The second kappa shape index (κ2) is 12.0. The number of hydrogen-bond acceptors (Lipinski definition) is 3. The van der Waals surface area contributed by atoms with Gasteiger partial charge in [-0.05, 0) is 11.1 Å². The van der Waals surface area contributed by atoms with Gasteiger partial charge in [0.1, 0.15) is 4.75 Å². The highest BCUT2D eigenvalue weighted by molar-refractivity contribution is 8.00. The summed E-state index contributed by atoms with van der Waals surface area (Å²) in [6.07, 6.45) is -10.5. The van der Waals surface area contributed by atoms with Crippen LogP contribution in [0.25, 0.3) is 0 Å². The molecule has 0 amide bonds. The molecule has 0 unspecified atom stereocenters. The van der Waals surface area contributed by atoms with Crippen LogP contribution in [0.1, 0.15) is 17.5 Å². The van der Waals surface area contributed by atoms with Crippen molar-refractivity contribution >= 4 is 11.8 Å². The van der Waals surface area contributed by atoms with E-state index < -0.39 is 76.0 Å². The quantitative estimate of drug-likeness (QED) is 0.112. The zero-order valence-corrected chi connectivity index (χ0v) is 22.3. The van der Waals surface area contributed by atoms with E-state index in [1.165, 1.54) is 60.7 Å². The summed E-state index contributed by atoms with van der Waals surface area (Å²) in [4.78, 5) is 10.5. The van der Waals surface area contributed by atoms with Crippen molar-refractivity contribution < 1.29 is 79.6 Å². The summed E-state index contributed by atoms with van der Waals surface area (Å²) in [7, 11) is 0. The fourth-order valence-electron chi connectivity index (χ4n) is 3.86. The minimum absolute atomic E-state index is 0.000807. The zero-order chi connectivity index (χ0) is 35.1. The molecule has 0 fully saturated rings. The average Bonchev–Trinajstić information content (AvgIpc) is 2.91. The third kappa shape index (κ3) is 6.11. The molecule has 21 heteroatoms. The minimum Gasteiger partial charge on any atom is -0.264 e. The van der Waals surface area contributed by atoms with Gasteiger partial charge >= 0.3 is 47.6 Å². The van der Waals surface area contributed by atoms with Crippen LogP contribution < -0.4 is 0 Å².